The number of aliphatic hydroxyl groups is 1. The highest BCUT2D eigenvalue weighted by atomic mass is 16.2. The zero-order valence-electron chi connectivity index (χ0n) is 8.40. The fourth-order valence-corrected chi connectivity index (χ4v) is 0. The summed E-state index contributed by atoms with van der Waals surface area (Å²) in [6.45, 7) is 8.42. The monoisotopic (exact) mass is 202 g/mol. The van der Waals surface area contributed by atoms with Gasteiger partial charge in [0.1, 0.15) is 0 Å². The summed E-state index contributed by atoms with van der Waals surface area (Å²) in [5.41, 5.74) is 9.07. The highest BCUT2D eigenvalue weighted by molar-refractivity contribution is 5.85. The minimum absolute atomic E-state index is 0.319. The minimum atomic E-state index is -0.481. The summed E-state index contributed by atoms with van der Waals surface area (Å²) in [6, 6.07) is 0. The van der Waals surface area contributed by atoms with Crippen LogP contribution >= 0.6 is 0 Å². The van der Waals surface area contributed by atoms with Crippen LogP contribution in [0.2, 0.25) is 0 Å². The number of carbonyl (C=O) groups excluding carboxylic acids is 2. The Balaban J connectivity index is -0.000000131. The van der Waals surface area contributed by atoms with Gasteiger partial charge >= 0.3 is 0 Å². The lowest BCUT2D eigenvalue weighted by atomic mass is 10.5. The van der Waals surface area contributed by atoms with Crippen LogP contribution in [0.5, 0.6) is 0 Å². The quantitative estimate of drug-likeness (QED) is 0.547. The fourth-order valence-electron chi connectivity index (χ4n) is 0. The van der Waals surface area contributed by atoms with Gasteiger partial charge in [-0.2, -0.15) is 0 Å². The maximum absolute atomic E-state index is 9.47. The summed E-state index contributed by atoms with van der Waals surface area (Å²) in [4.78, 5) is 18.9. The van der Waals surface area contributed by atoms with Crippen LogP contribution in [0.15, 0.2) is 25.3 Å². The lowest BCUT2D eigenvalue weighted by Gasteiger charge is -1.69. The van der Waals surface area contributed by atoms with E-state index in [0.29, 0.717) is 6.61 Å². The third kappa shape index (κ3) is 79.9. The number of rotatable bonds is 3. The molecule has 14 heavy (non-hydrogen) atoms. The molecule has 0 aliphatic rings. The summed E-state index contributed by atoms with van der Waals surface area (Å²) in [5.74, 6) is -0.963. The molecule has 0 radical (unpaired) electrons. The first-order chi connectivity index (χ1) is 6.45. The lowest BCUT2D eigenvalue weighted by Crippen LogP contribution is -2.04. The fraction of sp³-hybridized carbons (Fsp3) is 0.333. The predicted octanol–water partition coefficient (Wildman–Crippen LogP) is -0.296. The van der Waals surface area contributed by atoms with Gasteiger partial charge in [-0.3, -0.25) is 9.59 Å². The highest BCUT2D eigenvalue weighted by Gasteiger charge is 1.70. The van der Waals surface area contributed by atoms with Crippen molar-refractivity contribution in [2.24, 2.45) is 11.5 Å². The van der Waals surface area contributed by atoms with E-state index in [9.17, 15) is 9.59 Å². The van der Waals surface area contributed by atoms with Gasteiger partial charge in [0, 0.05) is 6.61 Å². The first-order valence-corrected chi connectivity index (χ1v) is 3.90. The SMILES string of the molecule is C=CC(N)=O.C=CC(N)=O.CCCO. The van der Waals surface area contributed by atoms with Crippen LogP contribution in [-0.2, 0) is 9.59 Å². The van der Waals surface area contributed by atoms with Crippen molar-refractivity contribution in [3.63, 3.8) is 0 Å². The summed E-state index contributed by atoms with van der Waals surface area (Å²) in [5, 5.41) is 7.88. The van der Waals surface area contributed by atoms with E-state index in [2.05, 4.69) is 24.6 Å². The van der Waals surface area contributed by atoms with Crippen molar-refractivity contribution in [3.8, 4) is 0 Å². The Morgan fingerprint density at radius 1 is 1.21 bits per heavy atom. The minimum Gasteiger partial charge on any atom is -0.396 e. The van der Waals surface area contributed by atoms with Crippen LogP contribution in [0, 0.1) is 0 Å². The molecule has 0 aliphatic carbocycles. The third-order valence-corrected chi connectivity index (χ3v) is 0.626. The Morgan fingerprint density at radius 2 is 1.36 bits per heavy atom. The van der Waals surface area contributed by atoms with Gasteiger partial charge < -0.3 is 16.6 Å². The third-order valence-electron chi connectivity index (χ3n) is 0.626. The maximum atomic E-state index is 9.47. The van der Waals surface area contributed by atoms with Crippen molar-refractivity contribution in [1.82, 2.24) is 0 Å². The molecule has 0 fully saturated rings. The molecule has 0 saturated carbocycles. The van der Waals surface area contributed by atoms with Crippen molar-refractivity contribution in [2.75, 3.05) is 6.61 Å². The van der Waals surface area contributed by atoms with Gasteiger partial charge in [0.2, 0.25) is 11.8 Å². The molecule has 5 heteroatoms. The van der Waals surface area contributed by atoms with E-state index in [1.807, 2.05) is 6.92 Å². The molecule has 0 aliphatic heterocycles. The second-order valence-electron chi connectivity index (χ2n) is 1.94. The first-order valence-electron chi connectivity index (χ1n) is 3.90. The zero-order chi connectivity index (χ0) is 12.0. The molecular formula is C9H18N2O3. The largest absolute Gasteiger partial charge is 0.396 e. The zero-order valence-corrected chi connectivity index (χ0v) is 8.40. The molecule has 82 valence electrons. The van der Waals surface area contributed by atoms with E-state index in [0.717, 1.165) is 18.6 Å². The molecule has 0 bridgehead atoms. The van der Waals surface area contributed by atoms with Crippen molar-refractivity contribution in [3.05, 3.63) is 25.3 Å². The molecule has 2 amide bonds. The standard InChI is InChI=1S/2C3H5NO.C3H8O/c2*1-2-3(4)5;1-2-3-4/h2*2H,1H2,(H2,4,5);4H,2-3H2,1H3. The Kier molecular flexibility index (Phi) is 22.7. The Bertz CT molecular complexity index is 159. The van der Waals surface area contributed by atoms with E-state index >= 15 is 0 Å². The first kappa shape index (κ1) is 18.2. The van der Waals surface area contributed by atoms with Crippen LogP contribution in [-0.4, -0.2) is 23.5 Å². The number of primary amides is 2. The van der Waals surface area contributed by atoms with Crippen LogP contribution in [0.25, 0.3) is 0 Å². The van der Waals surface area contributed by atoms with Crippen molar-refractivity contribution in [2.45, 2.75) is 13.3 Å². The normalized spacial score (nSPS) is 6.71. The number of hydrogen-bond donors (Lipinski definition) is 3. The maximum Gasteiger partial charge on any atom is 0.240 e. The number of amides is 2. The Labute approximate surface area is 84.1 Å². The predicted molar refractivity (Wildman–Crippen MR) is 56.2 cm³/mol. The number of aliphatic hydroxyl groups excluding tert-OH is 1. The smallest absolute Gasteiger partial charge is 0.240 e. The summed E-state index contributed by atoms with van der Waals surface area (Å²) in [6.07, 6.45) is 2.99. The Hall–Kier alpha value is -1.62. The second kappa shape index (κ2) is 17.5. The summed E-state index contributed by atoms with van der Waals surface area (Å²) in [7, 11) is 0. The van der Waals surface area contributed by atoms with Gasteiger partial charge in [0.15, 0.2) is 0 Å². The molecule has 5 nitrogen and oxygen atoms in total. The molecule has 5 N–H and O–H groups in total. The molecular weight excluding hydrogens is 184 g/mol. The van der Waals surface area contributed by atoms with Crippen LogP contribution in [0.3, 0.4) is 0 Å². The lowest BCUT2D eigenvalue weighted by molar-refractivity contribution is -0.114. The van der Waals surface area contributed by atoms with Crippen LogP contribution < -0.4 is 11.5 Å². The average molecular weight is 202 g/mol. The van der Waals surface area contributed by atoms with Crippen molar-refractivity contribution in [1.29, 1.82) is 0 Å². The Morgan fingerprint density at radius 3 is 1.36 bits per heavy atom. The highest BCUT2D eigenvalue weighted by Crippen LogP contribution is 1.61. The average Bonchev–Trinajstić information content (AvgIpc) is 2.19. The van der Waals surface area contributed by atoms with Gasteiger partial charge in [-0.25, -0.2) is 0 Å². The number of carbonyl (C=O) groups is 2. The van der Waals surface area contributed by atoms with Crippen molar-refractivity contribution >= 4 is 11.8 Å². The van der Waals surface area contributed by atoms with E-state index in [4.69, 9.17) is 5.11 Å². The molecule has 0 saturated heterocycles. The van der Waals surface area contributed by atoms with Crippen molar-refractivity contribution < 1.29 is 14.7 Å². The summed E-state index contributed by atoms with van der Waals surface area (Å²) < 4.78 is 0. The van der Waals surface area contributed by atoms with Gasteiger partial charge in [0.25, 0.3) is 0 Å². The topological polar surface area (TPSA) is 106 Å². The number of nitrogens with two attached hydrogens (primary N) is 2. The molecule has 0 heterocycles. The van der Waals surface area contributed by atoms with E-state index in [1.165, 1.54) is 0 Å². The van der Waals surface area contributed by atoms with E-state index in [1.54, 1.807) is 0 Å². The molecule has 0 aromatic heterocycles. The van der Waals surface area contributed by atoms with Gasteiger partial charge in [-0.15, -0.1) is 0 Å². The van der Waals surface area contributed by atoms with Crippen LogP contribution in [0.4, 0.5) is 0 Å². The van der Waals surface area contributed by atoms with Crippen LogP contribution in [0.1, 0.15) is 13.3 Å². The van der Waals surface area contributed by atoms with Gasteiger partial charge in [0.05, 0.1) is 0 Å². The van der Waals surface area contributed by atoms with E-state index in [-0.39, 0.29) is 0 Å². The molecule has 0 aromatic carbocycles. The number of hydrogen-bond acceptors (Lipinski definition) is 3. The molecule has 0 aromatic rings. The molecule has 0 unspecified atom stereocenters. The van der Waals surface area contributed by atoms with E-state index < -0.39 is 11.8 Å². The van der Waals surface area contributed by atoms with Gasteiger partial charge in [-0.05, 0) is 18.6 Å². The van der Waals surface area contributed by atoms with Gasteiger partial charge in [-0.1, -0.05) is 20.1 Å². The molecule has 0 atom stereocenters. The molecule has 0 rings (SSSR count). The summed E-state index contributed by atoms with van der Waals surface area (Å²) >= 11 is 0. The molecule has 0 spiro atoms. The second-order valence-corrected chi connectivity index (χ2v) is 1.94.